The van der Waals surface area contributed by atoms with Crippen LogP contribution in [0.1, 0.15) is 39.2 Å². The minimum absolute atomic E-state index is 0.0284. The molecule has 2 amide bonds. The molecule has 1 fully saturated rings. The lowest BCUT2D eigenvalue weighted by Crippen LogP contribution is -2.45. The van der Waals surface area contributed by atoms with E-state index in [4.69, 9.17) is 10.00 Å². The third kappa shape index (κ3) is 6.77. The molecule has 1 atom stereocenters. The van der Waals surface area contributed by atoms with Gasteiger partial charge in [0.05, 0.1) is 11.5 Å². The van der Waals surface area contributed by atoms with Crippen LogP contribution in [0.4, 0.5) is 10.6 Å². The quantitative estimate of drug-likeness (QED) is 0.762. The summed E-state index contributed by atoms with van der Waals surface area (Å²) in [7, 11) is 0. The average Bonchev–Trinajstić information content (AvgIpc) is 2.64. The molecule has 8 heteroatoms. The third-order valence-corrected chi connectivity index (χ3v) is 4.09. The van der Waals surface area contributed by atoms with Crippen LogP contribution in [0, 0.1) is 17.2 Å². The summed E-state index contributed by atoms with van der Waals surface area (Å²) in [6.07, 6.45) is 2.77. The summed E-state index contributed by atoms with van der Waals surface area (Å²) in [5.74, 6) is 0.621. The molecule has 27 heavy (non-hydrogen) atoms. The fourth-order valence-corrected chi connectivity index (χ4v) is 2.85. The number of nitriles is 1. The van der Waals surface area contributed by atoms with Crippen molar-refractivity contribution < 1.29 is 14.3 Å². The van der Waals surface area contributed by atoms with Gasteiger partial charge in [-0.1, -0.05) is 0 Å². The van der Waals surface area contributed by atoms with Crippen molar-refractivity contribution in [1.29, 1.82) is 5.26 Å². The highest BCUT2D eigenvalue weighted by Crippen LogP contribution is 2.21. The summed E-state index contributed by atoms with van der Waals surface area (Å²) >= 11 is 0. The Hall–Kier alpha value is -2.82. The van der Waals surface area contributed by atoms with E-state index in [9.17, 15) is 9.59 Å². The normalized spacial score (nSPS) is 17.0. The summed E-state index contributed by atoms with van der Waals surface area (Å²) in [6.45, 7) is 7.48. The fourth-order valence-electron chi connectivity index (χ4n) is 2.85. The molecule has 0 saturated carbocycles. The van der Waals surface area contributed by atoms with E-state index in [-0.39, 0.29) is 11.8 Å². The summed E-state index contributed by atoms with van der Waals surface area (Å²) < 4.78 is 5.14. The second-order valence-electron chi connectivity index (χ2n) is 7.52. The first kappa shape index (κ1) is 20.5. The maximum Gasteiger partial charge on any atom is 0.407 e. The Balaban J connectivity index is 1.76. The van der Waals surface area contributed by atoms with Gasteiger partial charge in [-0.3, -0.25) is 4.79 Å². The monoisotopic (exact) mass is 373 g/mol. The highest BCUT2D eigenvalue weighted by Gasteiger charge is 2.26. The molecule has 0 radical (unpaired) electrons. The minimum atomic E-state index is -0.543. The number of hydrogen-bond acceptors (Lipinski definition) is 6. The molecule has 1 saturated heterocycles. The van der Waals surface area contributed by atoms with E-state index in [1.807, 2.05) is 12.1 Å². The van der Waals surface area contributed by atoms with E-state index in [0.29, 0.717) is 25.2 Å². The van der Waals surface area contributed by atoms with Crippen molar-refractivity contribution in [3.63, 3.8) is 0 Å². The lowest BCUT2D eigenvalue weighted by Gasteiger charge is -2.32. The van der Waals surface area contributed by atoms with Gasteiger partial charge in [-0.05, 0) is 45.7 Å². The standard InChI is InChI=1S/C19H27N5O3/c1-19(2,3)27-18(26)22-9-8-21-17(25)15-5-4-10-24(13-15)16-7-6-14(11-20)12-23-16/h6-7,12,15H,4-5,8-10,13H2,1-3H3,(H,21,25)(H,22,26)/t15-/m0/s1. The maximum absolute atomic E-state index is 12.4. The molecule has 1 aromatic heterocycles. The van der Waals surface area contributed by atoms with Gasteiger partial charge in [-0.2, -0.15) is 5.26 Å². The number of ether oxygens (including phenoxy) is 1. The first-order valence-electron chi connectivity index (χ1n) is 9.14. The van der Waals surface area contributed by atoms with Crippen LogP contribution in [0.2, 0.25) is 0 Å². The molecule has 1 aliphatic rings. The second-order valence-corrected chi connectivity index (χ2v) is 7.52. The van der Waals surface area contributed by atoms with Crippen LogP contribution in [0.3, 0.4) is 0 Å². The first-order valence-corrected chi connectivity index (χ1v) is 9.14. The Kier molecular flexibility index (Phi) is 6.99. The smallest absolute Gasteiger partial charge is 0.407 e. The third-order valence-electron chi connectivity index (χ3n) is 4.09. The Morgan fingerprint density at radius 3 is 2.70 bits per heavy atom. The zero-order valence-electron chi connectivity index (χ0n) is 16.1. The maximum atomic E-state index is 12.4. The van der Waals surface area contributed by atoms with Gasteiger partial charge in [0.1, 0.15) is 17.5 Å². The minimum Gasteiger partial charge on any atom is -0.444 e. The molecule has 0 aromatic carbocycles. The predicted molar refractivity (Wildman–Crippen MR) is 101 cm³/mol. The molecule has 0 spiro atoms. The first-order chi connectivity index (χ1) is 12.8. The number of anilines is 1. The number of nitrogens with zero attached hydrogens (tertiary/aromatic N) is 3. The molecule has 1 aromatic rings. The van der Waals surface area contributed by atoms with Gasteiger partial charge in [0.15, 0.2) is 0 Å². The summed E-state index contributed by atoms with van der Waals surface area (Å²) in [6, 6.07) is 5.59. The number of piperidine rings is 1. The van der Waals surface area contributed by atoms with Gasteiger partial charge in [0.2, 0.25) is 5.91 Å². The Labute approximate surface area is 159 Å². The molecule has 0 bridgehead atoms. The van der Waals surface area contributed by atoms with Crippen molar-refractivity contribution in [2.75, 3.05) is 31.1 Å². The predicted octanol–water partition coefficient (Wildman–Crippen LogP) is 1.81. The van der Waals surface area contributed by atoms with Crippen LogP contribution in [0.15, 0.2) is 18.3 Å². The van der Waals surface area contributed by atoms with Gasteiger partial charge in [-0.25, -0.2) is 9.78 Å². The molecule has 8 nitrogen and oxygen atoms in total. The molecule has 1 aliphatic heterocycles. The molecule has 2 rings (SSSR count). The molecule has 0 aliphatic carbocycles. The van der Waals surface area contributed by atoms with Gasteiger partial charge in [0, 0.05) is 32.4 Å². The van der Waals surface area contributed by atoms with Crippen molar-refractivity contribution in [2.24, 2.45) is 5.92 Å². The number of alkyl carbamates (subject to hydrolysis) is 1. The number of nitrogens with one attached hydrogen (secondary N) is 2. The van der Waals surface area contributed by atoms with E-state index in [2.05, 4.69) is 20.5 Å². The molecular weight excluding hydrogens is 346 g/mol. The van der Waals surface area contributed by atoms with Crippen LogP contribution in [0.25, 0.3) is 0 Å². The second kappa shape index (κ2) is 9.21. The lowest BCUT2D eigenvalue weighted by atomic mass is 9.97. The Morgan fingerprint density at radius 2 is 2.07 bits per heavy atom. The van der Waals surface area contributed by atoms with E-state index in [0.717, 1.165) is 25.2 Å². The van der Waals surface area contributed by atoms with Crippen molar-refractivity contribution in [1.82, 2.24) is 15.6 Å². The number of hydrogen-bond donors (Lipinski definition) is 2. The number of amides is 2. The largest absolute Gasteiger partial charge is 0.444 e. The Bertz CT molecular complexity index is 691. The molecule has 0 unspecified atom stereocenters. The number of carbonyl (C=O) groups excluding carboxylic acids is 2. The van der Waals surface area contributed by atoms with Crippen LogP contribution in [-0.2, 0) is 9.53 Å². The van der Waals surface area contributed by atoms with Crippen LogP contribution >= 0.6 is 0 Å². The van der Waals surface area contributed by atoms with E-state index in [1.165, 1.54) is 0 Å². The molecule has 146 valence electrons. The molecular formula is C19H27N5O3. The lowest BCUT2D eigenvalue weighted by molar-refractivity contribution is -0.125. The summed E-state index contributed by atoms with van der Waals surface area (Å²) in [5.41, 5.74) is -0.0270. The number of pyridine rings is 1. The average molecular weight is 373 g/mol. The van der Waals surface area contributed by atoms with Gasteiger partial charge < -0.3 is 20.3 Å². The van der Waals surface area contributed by atoms with Crippen molar-refractivity contribution in [2.45, 2.75) is 39.2 Å². The fraction of sp³-hybridized carbons (Fsp3) is 0.579. The summed E-state index contributed by atoms with van der Waals surface area (Å²) in [4.78, 5) is 30.3. The van der Waals surface area contributed by atoms with Crippen molar-refractivity contribution >= 4 is 17.8 Å². The van der Waals surface area contributed by atoms with Crippen molar-refractivity contribution in [3.8, 4) is 6.07 Å². The SMILES string of the molecule is CC(C)(C)OC(=O)NCCNC(=O)[C@H]1CCCN(c2ccc(C#N)cn2)C1. The van der Waals surface area contributed by atoms with E-state index in [1.54, 1.807) is 33.0 Å². The van der Waals surface area contributed by atoms with Crippen molar-refractivity contribution in [3.05, 3.63) is 23.9 Å². The number of aromatic nitrogens is 1. The highest BCUT2D eigenvalue weighted by molar-refractivity contribution is 5.79. The molecule has 2 N–H and O–H groups in total. The van der Waals surface area contributed by atoms with Gasteiger partial charge in [-0.15, -0.1) is 0 Å². The highest BCUT2D eigenvalue weighted by atomic mass is 16.6. The van der Waals surface area contributed by atoms with E-state index < -0.39 is 11.7 Å². The molecule has 2 heterocycles. The number of carbonyl (C=O) groups is 2. The van der Waals surface area contributed by atoms with Gasteiger partial charge in [0.25, 0.3) is 0 Å². The van der Waals surface area contributed by atoms with E-state index >= 15 is 0 Å². The number of rotatable bonds is 5. The van der Waals surface area contributed by atoms with Gasteiger partial charge >= 0.3 is 6.09 Å². The topological polar surface area (TPSA) is 107 Å². The van der Waals surface area contributed by atoms with Crippen LogP contribution in [-0.4, -0.2) is 48.8 Å². The summed E-state index contributed by atoms with van der Waals surface area (Å²) in [5, 5.41) is 14.3. The Morgan fingerprint density at radius 1 is 1.33 bits per heavy atom. The van der Waals surface area contributed by atoms with Crippen LogP contribution < -0.4 is 15.5 Å². The zero-order chi connectivity index (χ0) is 19.9. The zero-order valence-corrected chi connectivity index (χ0v) is 16.1. The van der Waals surface area contributed by atoms with Crippen LogP contribution in [0.5, 0.6) is 0 Å².